The number of halogens is 3. The van der Waals surface area contributed by atoms with E-state index in [1.807, 2.05) is 0 Å². The van der Waals surface area contributed by atoms with Crippen LogP contribution in [-0.4, -0.2) is 26.9 Å². The summed E-state index contributed by atoms with van der Waals surface area (Å²) < 4.78 is 47.5. The van der Waals surface area contributed by atoms with Crippen molar-refractivity contribution in [2.24, 2.45) is 0 Å². The van der Waals surface area contributed by atoms with Crippen molar-refractivity contribution in [3.05, 3.63) is 95.4 Å². The Morgan fingerprint density at radius 2 is 1.57 bits per heavy atom. The fourth-order valence-electron chi connectivity index (χ4n) is 3.04. The van der Waals surface area contributed by atoms with Gasteiger partial charge in [-0.05, 0) is 48.5 Å². The number of hydrogen-bond donors (Lipinski definition) is 1. The summed E-state index contributed by atoms with van der Waals surface area (Å²) in [5.74, 6) is -0.176. The molecule has 0 bridgehead atoms. The normalized spacial score (nSPS) is 11.1. The van der Waals surface area contributed by atoms with E-state index in [-0.39, 0.29) is 17.2 Å². The van der Waals surface area contributed by atoms with Gasteiger partial charge in [-0.25, -0.2) is 9.78 Å². The first-order valence-corrected chi connectivity index (χ1v) is 9.90. The SMILES string of the molecule is O=C(Nc1ccc(-c2cn(-c3ccc(OC(F)(F)F)cc3)cn2)cc1)Oc1ccc([N+](=O)[O-])cc1. The highest BCUT2D eigenvalue weighted by Crippen LogP contribution is 2.25. The third-order valence-corrected chi connectivity index (χ3v) is 4.64. The summed E-state index contributed by atoms with van der Waals surface area (Å²) in [4.78, 5) is 26.5. The minimum Gasteiger partial charge on any atom is -0.410 e. The molecule has 0 atom stereocenters. The average Bonchev–Trinajstić information content (AvgIpc) is 3.29. The predicted octanol–water partition coefficient (Wildman–Crippen LogP) is 5.96. The fraction of sp³-hybridized carbons (Fsp3) is 0.0435. The zero-order valence-electron chi connectivity index (χ0n) is 17.6. The van der Waals surface area contributed by atoms with E-state index in [0.29, 0.717) is 17.1 Å². The third kappa shape index (κ3) is 6.13. The fourth-order valence-corrected chi connectivity index (χ4v) is 3.04. The van der Waals surface area contributed by atoms with Gasteiger partial charge in [-0.2, -0.15) is 0 Å². The number of nitro groups is 1. The second-order valence-electron chi connectivity index (χ2n) is 7.05. The zero-order chi connectivity index (χ0) is 25.0. The van der Waals surface area contributed by atoms with Crippen molar-refractivity contribution in [1.29, 1.82) is 0 Å². The van der Waals surface area contributed by atoms with Gasteiger partial charge in [0, 0.05) is 35.3 Å². The standard InChI is InChI=1S/C23H15F3N4O5/c24-23(25,26)35-20-11-5-17(6-12-20)29-13-21(27-14-29)15-1-3-16(4-2-15)28-22(31)34-19-9-7-18(8-10-19)30(32)33/h1-14H,(H,28,31). The maximum Gasteiger partial charge on any atom is 0.573 e. The lowest BCUT2D eigenvalue weighted by atomic mass is 10.1. The summed E-state index contributed by atoms with van der Waals surface area (Å²) >= 11 is 0. The Hall–Kier alpha value is -4.87. The van der Waals surface area contributed by atoms with Crippen LogP contribution in [0.5, 0.6) is 11.5 Å². The highest BCUT2D eigenvalue weighted by molar-refractivity contribution is 5.86. The maximum atomic E-state index is 12.3. The Balaban J connectivity index is 1.37. The number of ether oxygens (including phenoxy) is 2. The molecule has 1 amide bonds. The largest absolute Gasteiger partial charge is 0.573 e. The summed E-state index contributed by atoms with van der Waals surface area (Å²) in [6, 6.07) is 17.1. The van der Waals surface area contributed by atoms with Crippen molar-refractivity contribution in [3.63, 3.8) is 0 Å². The lowest BCUT2D eigenvalue weighted by Gasteiger charge is -2.09. The van der Waals surface area contributed by atoms with E-state index < -0.39 is 17.4 Å². The highest BCUT2D eigenvalue weighted by atomic mass is 19.4. The number of nitro benzene ring substituents is 1. The van der Waals surface area contributed by atoms with Crippen LogP contribution in [0.2, 0.25) is 0 Å². The number of benzene rings is 3. The Labute approximate surface area is 195 Å². The number of anilines is 1. The van der Waals surface area contributed by atoms with Crippen molar-refractivity contribution < 1.29 is 32.4 Å². The number of alkyl halides is 3. The van der Waals surface area contributed by atoms with Gasteiger partial charge in [-0.1, -0.05) is 12.1 Å². The highest BCUT2D eigenvalue weighted by Gasteiger charge is 2.31. The number of imidazole rings is 1. The van der Waals surface area contributed by atoms with Gasteiger partial charge in [0.05, 0.1) is 16.9 Å². The molecule has 1 heterocycles. The molecular formula is C23H15F3N4O5. The average molecular weight is 484 g/mol. The number of aromatic nitrogens is 2. The van der Waals surface area contributed by atoms with Crippen LogP contribution in [0.1, 0.15) is 0 Å². The summed E-state index contributed by atoms with van der Waals surface area (Å²) in [6.07, 6.45) is -2.31. The van der Waals surface area contributed by atoms with Gasteiger partial charge in [0.2, 0.25) is 0 Å². The van der Waals surface area contributed by atoms with Crippen LogP contribution in [0.3, 0.4) is 0 Å². The topological polar surface area (TPSA) is 109 Å². The first-order valence-electron chi connectivity index (χ1n) is 9.90. The first-order chi connectivity index (χ1) is 16.7. The summed E-state index contributed by atoms with van der Waals surface area (Å²) in [5.41, 5.74) is 2.24. The molecule has 0 aliphatic carbocycles. The number of hydrogen-bond acceptors (Lipinski definition) is 6. The van der Waals surface area contributed by atoms with E-state index in [4.69, 9.17) is 4.74 Å². The van der Waals surface area contributed by atoms with Crippen molar-refractivity contribution >= 4 is 17.5 Å². The smallest absolute Gasteiger partial charge is 0.410 e. The van der Waals surface area contributed by atoms with E-state index in [9.17, 15) is 28.1 Å². The zero-order valence-corrected chi connectivity index (χ0v) is 17.6. The number of nitrogens with one attached hydrogen (secondary N) is 1. The lowest BCUT2D eigenvalue weighted by molar-refractivity contribution is -0.384. The molecule has 0 saturated carbocycles. The van der Waals surface area contributed by atoms with Crippen molar-refractivity contribution in [2.75, 3.05) is 5.32 Å². The monoisotopic (exact) mass is 484 g/mol. The van der Waals surface area contributed by atoms with Gasteiger partial charge in [-0.3, -0.25) is 15.4 Å². The molecule has 0 aliphatic rings. The molecule has 0 spiro atoms. The van der Waals surface area contributed by atoms with Gasteiger partial charge in [0.25, 0.3) is 5.69 Å². The van der Waals surface area contributed by atoms with Gasteiger partial charge in [0.15, 0.2) is 0 Å². The van der Waals surface area contributed by atoms with Crippen LogP contribution in [-0.2, 0) is 0 Å². The molecule has 3 aromatic carbocycles. The van der Waals surface area contributed by atoms with Crippen molar-refractivity contribution in [2.45, 2.75) is 6.36 Å². The van der Waals surface area contributed by atoms with E-state index in [1.165, 1.54) is 54.9 Å². The summed E-state index contributed by atoms with van der Waals surface area (Å²) in [6.45, 7) is 0. The second-order valence-corrected chi connectivity index (χ2v) is 7.05. The number of carbonyl (C=O) groups is 1. The van der Waals surface area contributed by atoms with Gasteiger partial charge >= 0.3 is 12.5 Å². The Bertz CT molecular complexity index is 1340. The van der Waals surface area contributed by atoms with Gasteiger partial charge < -0.3 is 14.0 Å². The molecule has 0 aliphatic heterocycles. The molecule has 0 fully saturated rings. The molecule has 9 nitrogen and oxygen atoms in total. The number of amides is 1. The Morgan fingerprint density at radius 3 is 2.17 bits per heavy atom. The van der Waals surface area contributed by atoms with Gasteiger partial charge in [0.1, 0.15) is 11.5 Å². The summed E-state index contributed by atoms with van der Waals surface area (Å²) in [5, 5.41) is 13.2. The molecule has 35 heavy (non-hydrogen) atoms. The van der Waals surface area contributed by atoms with E-state index >= 15 is 0 Å². The molecule has 1 N–H and O–H groups in total. The molecule has 0 saturated heterocycles. The molecule has 1 aromatic heterocycles. The van der Waals surface area contributed by atoms with Crippen LogP contribution in [0, 0.1) is 10.1 Å². The minimum atomic E-state index is -4.76. The van der Waals surface area contributed by atoms with E-state index in [0.717, 1.165) is 5.56 Å². The molecular weight excluding hydrogens is 469 g/mol. The number of rotatable bonds is 6. The predicted molar refractivity (Wildman–Crippen MR) is 118 cm³/mol. The molecule has 178 valence electrons. The van der Waals surface area contributed by atoms with Crippen LogP contribution in [0.4, 0.5) is 29.3 Å². The number of non-ortho nitro benzene ring substituents is 1. The van der Waals surface area contributed by atoms with Crippen LogP contribution in [0.15, 0.2) is 85.3 Å². The van der Waals surface area contributed by atoms with Crippen LogP contribution < -0.4 is 14.8 Å². The first kappa shape index (κ1) is 23.3. The second kappa shape index (κ2) is 9.55. The van der Waals surface area contributed by atoms with Gasteiger partial charge in [-0.15, -0.1) is 13.2 Å². The van der Waals surface area contributed by atoms with E-state index in [1.54, 1.807) is 35.0 Å². The Morgan fingerprint density at radius 1 is 0.943 bits per heavy atom. The molecule has 4 aromatic rings. The third-order valence-electron chi connectivity index (χ3n) is 4.64. The van der Waals surface area contributed by atoms with E-state index in [2.05, 4.69) is 15.0 Å². The number of nitrogens with zero attached hydrogens (tertiary/aromatic N) is 3. The lowest BCUT2D eigenvalue weighted by Crippen LogP contribution is -2.17. The minimum absolute atomic E-state index is 0.122. The molecule has 0 radical (unpaired) electrons. The Kier molecular flexibility index (Phi) is 6.36. The molecule has 12 heteroatoms. The maximum absolute atomic E-state index is 12.3. The van der Waals surface area contributed by atoms with Crippen LogP contribution >= 0.6 is 0 Å². The van der Waals surface area contributed by atoms with Crippen molar-refractivity contribution in [1.82, 2.24) is 9.55 Å². The number of carbonyl (C=O) groups excluding carboxylic acids is 1. The van der Waals surface area contributed by atoms with Crippen molar-refractivity contribution in [3.8, 4) is 28.4 Å². The molecule has 0 unspecified atom stereocenters. The summed E-state index contributed by atoms with van der Waals surface area (Å²) in [7, 11) is 0. The quantitative estimate of drug-likeness (QED) is 0.267. The van der Waals surface area contributed by atoms with Crippen LogP contribution in [0.25, 0.3) is 16.9 Å². The molecule has 4 rings (SSSR count).